The molecule has 2 aliphatic rings. The number of rotatable bonds is 10. The van der Waals surface area contributed by atoms with Crippen molar-refractivity contribution < 1.29 is 23.7 Å². The van der Waals surface area contributed by atoms with Gasteiger partial charge in [-0.25, -0.2) is 0 Å². The molecular formula is C26H33N3O6. The van der Waals surface area contributed by atoms with Crippen LogP contribution in [0.2, 0.25) is 0 Å². The molecule has 9 heteroatoms. The predicted octanol–water partition coefficient (Wildman–Crippen LogP) is 3.25. The zero-order valence-corrected chi connectivity index (χ0v) is 20.3. The van der Waals surface area contributed by atoms with Crippen molar-refractivity contribution in [3.63, 3.8) is 0 Å². The summed E-state index contributed by atoms with van der Waals surface area (Å²) in [6.45, 7) is 4.00. The first-order valence-corrected chi connectivity index (χ1v) is 12.0. The Hall–Kier alpha value is -3.01. The number of nitrogens with one attached hydrogen (secondary N) is 1. The van der Waals surface area contributed by atoms with Crippen LogP contribution in [0.3, 0.4) is 0 Å². The number of anilines is 1. The van der Waals surface area contributed by atoms with Crippen LogP contribution in [-0.2, 0) is 20.9 Å². The lowest BCUT2D eigenvalue weighted by Gasteiger charge is -2.36. The first kappa shape index (κ1) is 25.1. The third-order valence-corrected chi connectivity index (χ3v) is 6.66. The zero-order chi connectivity index (χ0) is 24.6. The highest BCUT2D eigenvalue weighted by Crippen LogP contribution is 2.35. The fraction of sp³-hybridized carbons (Fsp3) is 0.500. The summed E-state index contributed by atoms with van der Waals surface area (Å²) in [4.78, 5) is 25.1. The molecule has 1 amide bonds. The van der Waals surface area contributed by atoms with Crippen molar-refractivity contribution in [2.24, 2.45) is 5.18 Å². The molecule has 0 spiro atoms. The minimum absolute atomic E-state index is 0.0654. The summed E-state index contributed by atoms with van der Waals surface area (Å²) in [7, 11) is 3.34. The Morgan fingerprint density at radius 3 is 2.77 bits per heavy atom. The lowest BCUT2D eigenvalue weighted by molar-refractivity contribution is -0.121. The number of hydrogen-bond donors (Lipinski definition) is 1. The van der Waals surface area contributed by atoms with Crippen molar-refractivity contribution in [2.75, 3.05) is 52.0 Å². The molecule has 3 atom stereocenters. The van der Waals surface area contributed by atoms with Gasteiger partial charge in [0.05, 0.1) is 38.1 Å². The van der Waals surface area contributed by atoms with E-state index in [0.717, 1.165) is 54.4 Å². The van der Waals surface area contributed by atoms with Gasteiger partial charge in [-0.2, -0.15) is 0 Å². The van der Waals surface area contributed by atoms with Crippen LogP contribution in [0.4, 0.5) is 5.69 Å². The molecule has 1 N–H and O–H groups in total. The molecule has 35 heavy (non-hydrogen) atoms. The van der Waals surface area contributed by atoms with E-state index in [2.05, 4.69) is 21.5 Å². The summed E-state index contributed by atoms with van der Waals surface area (Å²) in [5.74, 6) is 0.902. The molecular weight excluding hydrogens is 450 g/mol. The summed E-state index contributed by atoms with van der Waals surface area (Å²) in [6.07, 6.45) is 1.21. The standard InChI is InChI=1S/C26H33N3O6/c1-32-12-3-10-29-11-13-34-24-9-4-18(14-23(24)29)17-35-25-16-27-22(26(30)28-31)15-21(25)19-5-7-20(33-2)8-6-19/h4-9,14,21-22,25,27H,3,10-13,15-17H2,1-2H3/t21?,22-,25-/m0/s1. The topological polar surface area (TPSA) is 98.7 Å². The van der Waals surface area contributed by atoms with Gasteiger partial charge in [-0.15, -0.1) is 4.91 Å². The van der Waals surface area contributed by atoms with Gasteiger partial charge in [0.1, 0.15) is 18.1 Å². The van der Waals surface area contributed by atoms with E-state index in [1.807, 2.05) is 36.4 Å². The van der Waals surface area contributed by atoms with Crippen molar-refractivity contribution in [1.82, 2.24) is 5.32 Å². The summed E-state index contributed by atoms with van der Waals surface area (Å²) in [5.41, 5.74) is 3.15. The van der Waals surface area contributed by atoms with Gasteiger partial charge in [0.2, 0.25) is 0 Å². The highest BCUT2D eigenvalue weighted by atomic mass is 16.5. The minimum Gasteiger partial charge on any atom is -0.497 e. The molecule has 2 heterocycles. The number of nitroso groups, excluding NO2 is 1. The summed E-state index contributed by atoms with van der Waals surface area (Å²) < 4.78 is 22.7. The Balaban J connectivity index is 1.47. The second kappa shape index (κ2) is 12.1. The molecule has 9 nitrogen and oxygen atoms in total. The fourth-order valence-electron chi connectivity index (χ4n) is 4.76. The molecule has 0 aromatic heterocycles. The van der Waals surface area contributed by atoms with Crippen LogP contribution in [0.15, 0.2) is 47.6 Å². The van der Waals surface area contributed by atoms with Gasteiger partial charge < -0.3 is 29.2 Å². The molecule has 188 valence electrons. The van der Waals surface area contributed by atoms with Crippen LogP contribution < -0.4 is 19.7 Å². The number of benzene rings is 2. The Morgan fingerprint density at radius 1 is 1.20 bits per heavy atom. The van der Waals surface area contributed by atoms with Gasteiger partial charge in [-0.1, -0.05) is 18.2 Å². The number of hydrogen-bond acceptors (Lipinski definition) is 8. The lowest BCUT2D eigenvalue weighted by atomic mass is 9.84. The van der Waals surface area contributed by atoms with Crippen molar-refractivity contribution >= 4 is 11.6 Å². The number of amides is 1. The first-order valence-electron chi connectivity index (χ1n) is 12.0. The van der Waals surface area contributed by atoms with Crippen molar-refractivity contribution in [2.45, 2.75) is 37.5 Å². The van der Waals surface area contributed by atoms with E-state index in [0.29, 0.717) is 26.2 Å². The van der Waals surface area contributed by atoms with Crippen LogP contribution in [0.1, 0.15) is 29.9 Å². The number of carbonyl (C=O) groups is 1. The Bertz CT molecular complexity index is 999. The van der Waals surface area contributed by atoms with Gasteiger partial charge in [0.15, 0.2) is 0 Å². The van der Waals surface area contributed by atoms with E-state index in [1.165, 1.54) is 0 Å². The van der Waals surface area contributed by atoms with Crippen molar-refractivity contribution in [3.05, 3.63) is 58.5 Å². The Morgan fingerprint density at radius 2 is 2.03 bits per heavy atom. The van der Waals surface area contributed by atoms with Crippen LogP contribution in [0.25, 0.3) is 0 Å². The molecule has 0 radical (unpaired) electrons. The van der Waals surface area contributed by atoms with Gasteiger partial charge in [-0.3, -0.25) is 4.79 Å². The number of piperidine rings is 1. The van der Waals surface area contributed by atoms with E-state index >= 15 is 0 Å². The summed E-state index contributed by atoms with van der Waals surface area (Å²) in [5, 5.41) is 5.76. The molecule has 0 bridgehead atoms. The molecule has 2 aliphatic heterocycles. The van der Waals surface area contributed by atoms with E-state index in [9.17, 15) is 9.70 Å². The van der Waals surface area contributed by atoms with E-state index in [4.69, 9.17) is 18.9 Å². The van der Waals surface area contributed by atoms with Crippen molar-refractivity contribution in [1.29, 1.82) is 0 Å². The molecule has 0 saturated carbocycles. The van der Waals surface area contributed by atoms with Gasteiger partial charge in [-0.05, 0) is 48.2 Å². The average Bonchev–Trinajstić information content (AvgIpc) is 2.91. The number of carbonyl (C=O) groups excluding carboxylic acids is 1. The van der Waals surface area contributed by atoms with Gasteiger partial charge in [0.25, 0.3) is 0 Å². The number of methoxy groups -OCH3 is 2. The highest BCUT2D eigenvalue weighted by molar-refractivity contribution is 5.82. The Kier molecular flexibility index (Phi) is 8.68. The third kappa shape index (κ3) is 6.17. The van der Waals surface area contributed by atoms with Crippen LogP contribution in [-0.4, -0.2) is 65.1 Å². The smallest absolute Gasteiger partial charge is 0.303 e. The van der Waals surface area contributed by atoms with Gasteiger partial charge in [0, 0.05) is 37.9 Å². The molecule has 4 rings (SSSR count). The van der Waals surface area contributed by atoms with E-state index in [-0.39, 0.29) is 12.0 Å². The van der Waals surface area contributed by atoms with Crippen molar-refractivity contribution in [3.8, 4) is 11.5 Å². The third-order valence-electron chi connectivity index (χ3n) is 6.66. The largest absolute Gasteiger partial charge is 0.497 e. The summed E-state index contributed by atoms with van der Waals surface area (Å²) >= 11 is 0. The van der Waals surface area contributed by atoms with Crippen LogP contribution in [0.5, 0.6) is 11.5 Å². The fourth-order valence-corrected chi connectivity index (χ4v) is 4.76. The van der Waals surface area contributed by atoms with Crippen LogP contribution in [0, 0.1) is 4.91 Å². The highest BCUT2D eigenvalue weighted by Gasteiger charge is 2.35. The monoisotopic (exact) mass is 483 g/mol. The maximum atomic E-state index is 12.0. The van der Waals surface area contributed by atoms with E-state index in [1.54, 1.807) is 14.2 Å². The predicted molar refractivity (Wildman–Crippen MR) is 132 cm³/mol. The SMILES string of the molecule is COCCCN1CCOc2ccc(CO[C@H]3CN[C@H](C(=O)N=O)CC3c3ccc(OC)cc3)cc21. The second-order valence-electron chi connectivity index (χ2n) is 8.84. The molecule has 2 aromatic carbocycles. The summed E-state index contributed by atoms with van der Waals surface area (Å²) in [6, 6.07) is 13.3. The normalized spacial score (nSPS) is 21.7. The quantitative estimate of drug-likeness (QED) is 0.406. The molecule has 2 aromatic rings. The number of fused-ring (bicyclic) bond motifs is 1. The van der Waals surface area contributed by atoms with Crippen LogP contribution >= 0.6 is 0 Å². The molecule has 0 aliphatic carbocycles. The number of ether oxygens (including phenoxy) is 4. The molecule has 1 saturated heterocycles. The number of nitrogens with zero attached hydrogens (tertiary/aromatic N) is 2. The van der Waals surface area contributed by atoms with E-state index < -0.39 is 11.9 Å². The lowest BCUT2D eigenvalue weighted by Crippen LogP contribution is -2.50. The van der Waals surface area contributed by atoms with Gasteiger partial charge >= 0.3 is 5.91 Å². The minimum atomic E-state index is -0.676. The zero-order valence-electron chi connectivity index (χ0n) is 20.3. The molecule has 1 unspecified atom stereocenters. The molecule has 1 fully saturated rings. The maximum Gasteiger partial charge on any atom is 0.303 e. The Labute approximate surface area is 205 Å². The second-order valence-corrected chi connectivity index (χ2v) is 8.84. The maximum absolute atomic E-state index is 12.0. The first-order chi connectivity index (χ1) is 17.1. The average molecular weight is 484 g/mol.